The van der Waals surface area contributed by atoms with E-state index in [1.165, 1.54) is 0 Å². The molecule has 15 heavy (non-hydrogen) atoms. The molecule has 0 aliphatic heterocycles. The van der Waals surface area contributed by atoms with Crippen LogP contribution in [0.25, 0.3) is 11.0 Å². The van der Waals surface area contributed by atoms with Crippen molar-refractivity contribution in [3.8, 4) is 0 Å². The molecule has 3 heteroatoms. The molecular weight excluding hydrogens is 193 g/mol. The Labute approximate surface area is 88.1 Å². The SMILES string of the molecule is CNC(C)C(F)c1ccc2occc2c1. The zero-order valence-electron chi connectivity index (χ0n) is 8.83. The molecule has 0 saturated heterocycles. The average Bonchev–Trinajstić information content (AvgIpc) is 2.73. The monoisotopic (exact) mass is 207 g/mol. The quantitative estimate of drug-likeness (QED) is 0.836. The van der Waals surface area contributed by atoms with Gasteiger partial charge in [0.2, 0.25) is 0 Å². The van der Waals surface area contributed by atoms with Crippen LogP contribution >= 0.6 is 0 Å². The zero-order chi connectivity index (χ0) is 10.8. The fraction of sp³-hybridized carbons (Fsp3) is 0.333. The van der Waals surface area contributed by atoms with Gasteiger partial charge in [0.25, 0.3) is 0 Å². The van der Waals surface area contributed by atoms with Gasteiger partial charge in [0.1, 0.15) is 11.8 Å². The minimum absolute atomic E-state index is 0.186. The van der Waals surface area contributed by atoms with Gasteiger partial charge in [-0.2, -0.15) is 0 Å². The average molecular weight is 207 g/mol. The molecule has 2 unspecified atom stereocenters. The standard InChI is InChI=1S/C12H14FNO/c1-8(14-2)12(13)10-3-4-11-9(7-10)5-6-15-11/h3-8,12,14H,1-2H3. The molecule has 2 aromatic rings. The van der Waals surface area contributed by atoms with Crippen LogP contribution in [-0.4, -0.2) is 13.1 Å². The van der Waals surface area contributed by atoms with E-state index in [2.05, 4.69) is 5.32 Å². The summed E-state index contributed by atoms with van der Waals surface area (Å²) in [5.41, 5.74) is 1.48. The van der Waals surface area contributed by atoms with E-state index in [4.69, 9.17) is 4.42 Å². The first-order valence-corrected chi connectivity index (χ1v) is 5.01. The van der Waals surface area contributed by atoms with Crippen molar-refractivity contribution in [3.63, 3.8) is 0 Å². The molecule has 0 aliphatic carbocycles. The van der Waals surface area contributed by atoms with Crippen LogP contribution in [0.3, 0.4) is 0 Å². The summed E-state index contributed by atoms with van der Waals surface area (Å²) >= 11 is 0. The summed E-state index contributed by atoms with van der Waals surface area (Å²) in [6, 6.07) is 7.06. The van der Waals surface area contributed by atoms with Crippen LogP contribution in [0.2, 0.25) is 0 Å². The van der Waals surface area contributed by atoms with E-state index in [0.717, 1.165) is 11.0 Å². The van der Waals surface area contributed by atoms with Crippen LogP contribution in [0.5, 0.6) is 0 Å². The van der Waals surface area contributed by atoms with Crippen molar-refractivity contribution in [2.75, 3.05) is 7.05 Å². The van der Waals surface area contributed by atoms with Gasteiger partial charge in [-0.05, 0) is 37.7 Å². The first-order valence-electron chi connectivity index (χ1n) is 5.01. The number of nitrogens with one attached hydrogen (secondary N) is 1. The molecule has 2 nitrogen and oxygen atoms in total. The van der Waals surface area contributed by atoms with Crippen molar-refractivity contribution < 1.29 is 8.81 Å². The smallest absolute Gasteiger partial charge is 0.140 e. The lowest BCUT2D eigenvalue weighted by Crippen LogP contribution is -2.26. The third-order valence-electron chi connectivity index (χ3n) is 2.69. The van der Waals surface area contributed by atoms with Crippen LogP contribution in [0, 0.1) is 0 Å². The Morgan fingerprint density at radius 3 is 2.87 bits per heavy atom. The van der Waals surface area contributed by atoms with Gasteiger partial charge in [-0.3, -0.25) is 0 Å². The number of hydrogen-bond donors (Lipinski definition) is 1. The molecule has 80 valence electrons. The molecule has 1 aromatic carbocycles. The molecule has 2 atom stereocenters. The summed E-state index contributed by atoms with van der Waals surface area (Å²) in [6.45, 7) is 1.82. The summed E-state index contributed by atoms with van der Waals surface area (Å²) in [5, 5.41) is 3.85. The molecule has 1 heterocycles. The minimum Gasteiger partial charge on any atom is -0.464 e. The Kier molecular flexibility index (Phi) is 2.73. The molecule has 0 spiro atoms. The predicted octanol–water partition coefficient (Wildman–Crippen LogP) is 3.05. The van der Waals surface area contributed by atoms with E-state index in [1.807, 2.05) is 19.1 Å². The first-order chi connectivity index (χ1) is 7.22. The summed E-state index contributed by atoms with van der Waals surface area (Å²) in [6.07, 6.45) is 0.623. The van der Waals surface area contributed by atoms with E-state index in [0.29, 0.717) is 5.56 Å². The number of alkyl halides is 1. The van der Waals surface area contributed by atoms with Crippen molar-refractivity contribution >= 4 is 11.0 Å². The minimum atomic E-state index is -0.991. The third kappa shape index (κ3) is 1.88. The maximum Gasteiger partial charge on any atom is 0.140 e. The van der Waals surface area contributed by atoms with E-state index >= 15 is 0 Å². The van der Waals surface area contributed by atoms with Gasteiger partial charge < -0.3 is 9.73 Å². The van der Waals surface area contributed by atoms with Crippen LogP contribution in [0.4, 0.5) is 4.39 Å². The largest absolute Gasteiger partial charge is 0.464 e. The highest BCUT2D eigenvalue weighted by molar-refractivity contribution is 5.77. The number of furan rings is 1. The summed E-state index contributed by atoms with van der Waals surface area (Å²) < 4.78 is 19.1. The molecule has 1 aromatic heterocycles. The normalized spacial score (nSPS) is 15.4. The Morgan fingerprint density at radius 1 is 1.33 bits per heavy atom. The second-order valence-corrected chi connectivity index (χ2v) is 3.70. The summed E-state index contributed by atoms with van der Waals surface area (Å²) in [5.74, 6) is 0. The molecule has 0 amide bonds. The Morgan fingerprint density at radius 2 is 2.13 bits per heavy atom. The molecule has 1 N–H and O–H groups in total. The van der Waals surface area contributed by atoms with Crippen molar-refractivity contribution in [3.05, 3.63) is 36.1 Å². The fourth-order valence-electron chi connectivity index (χ4n) is 1.59. The van der Waals surface area contributed by atoms with E-state index in [9.17, 15) is 4.39 Å². The topological polar surface area (TPSA) is 25.2 Å². The molecular formula is C12H14FNO. The van der Waals surface area contributed by atoms with Gasteiger partial charge in [-0.15, -0.1) is 0 Å². The van der Waals surface area contributed by atoms with Crippen molar-refractivity contribution in [1.29, 1.82) is 0 Å². The van der Waals surface area contributed by atoms with Crippen molar-refractivity contribution in [2.24, 2.45) is 0 Å². The first kappa shape index (κ1) is 10.2. The lowest BCUT2D eigenvalue weighted by molar-refractivity contribution is 0.275. The van der Waals surface area contributed by atoms with E-state index in [-0.39, 0.29) is 6.04 Å². The van der Waals surface area contributed by atoms with Gasteiger partial charge in [-0.25, -0.2) is 4.39 Å². The number of hydrogen-bond acceptors (Lipinski definition) is 2. The second-order valence-electron chi connectivity index (χ2n) is 3.70. The van der Waals surface area contributed by atoms with Crippen LogP contribution < -0.4 is 5.32 Å². The molecule has 2 rings (SSSR count). The van der Waals surface area contributed by atoms with Gasteiger partial charge >= 0.3 is 0 Å². The Bertz CT molecular complexity index is 452. The van der Waals surface area contributed by atoms with E-state index in [1.54, 1.807) is 25.4 Å². The maximum absolute atomic E-state index is 13.9. The molecule has 0 saturated carbocycles. The molecule has 0 bridgehead atoms. The summed E-state index contributed by atoms with van der Waals surface area (Å²) in [4.78, 5) is 0. The van der Waals surface area contributed by atoms with Crippen LogP contribution in [-0.2, 0) is 0 Å². The second kappa shape index (κ2) is 4.03. The Balaban J connectivity index is 2.35. The fourth-order valence-corrected chi connectivity index (χ4v) is 1.59. The highest BCUT2D eigenvalue weighted by Crippen LogP contribution is 2.25. The number of likely N-dealkylation sites (N-methyl/N-ethyl adjacent to an activating group) is 1. The molecule has 0 fully saturated rings. The predicted molar refractivity (Wildman–Crippen MR) is 58.6 cm³/mol. The number of halogens is 1. The lowest BCUT2D eigenvalue weighted by Gasteiger charge is -2.15. The zero-order valence-corrected chi connectivity index (χ0v) is 8.83. The summed E-state index contributed by atoms with van der Waals surface area (Å²) in [7, 11) is 1.76. The number of fused-ring (bicyclic) bond motifs is 1. The Hall–Kier alpha value is -1.35. The highest BCUT2D eigenvalue weighted by Gasteiger charge is 2.17. The van der Waals surface area contributed by atoms with Crippen LogP contribution in [0.1, 0.15) is 18.7 Å². The van der Waals surface area contributed by atoms with Gasteiger partial charge in [0, 0.05) is 11.4 Å². The maximum atomic E-state index is 13.9. The van der Waals surface area contributed by atoms with Crippen LogP contribution in [0.15, 0.2) is 34.9 Å². The van der Waals surface area contributed by atoms with Crippen molar-refractivity contribution in [1.82, 2.24) is 5.32 Å². The van der Waals surface area contributed by atoms with Gasteiger partial charge in [-0.1, -0.05) is 6.07 Å². The highest BCUT2D eigenvalue weighted by atomic mass is 19.1. The number of benzene rings is 1. The lowest BCUT2D eigenvalue weighted by atomic mass is 10.0. The van der Waals surface area contributed by atoms with Gasteiger partial charge in [0.15, 0.2) is 0 Å². The van der Waals surface area contributed by atoms with Gasteiger partial charge in [0.05, 0.1) is 6.26 Å². The number of rotatable bonds is 3. The molecule has 0 radical (unpaired) electrons. The van der Waals surface area contributed by atoms with Crippen molar-refractivity contribution in [2.45, 2.75) is 19.1 Å². The van der Waals surface area contributed by atoms with E-state index < -0.39 is 6.17 Å². The molecule has 0 aliphatic rings. The third-order valence-corrected chi connectivity index (χ3v) is 2.69.